The molecule has 1 unspecified atom stereocenters. The number of likely N-dealkylation sites (tertiary alicyclic amines) is 1. The van der Waals surface area contributed by atoms with Crippen LogP contribution >= 0.6 is 0 Å². The lowest BCUT2D eigenvalue weighted by molar-refractivity contribution is -0.136. The molecule has 4 heteroatoms. The molecule has 1 aliphatic rings. The predicted octanol–water partition coefficient (Wildman–Crippen LogP) is 2.59. The molecule has 0 bridgehead atoms. The van der Waals surface area contributed by atoms with Crippen molar-refractivity contribution in [3.8, 4) is 0 Å². The quantitative estimate of drug-likeness (QED) is 0.906. The molecule has 0 aromatic heterocycles. The molecule has 116 valence electrons. The highest BCUT2D eigenvalue weighted by Gasteiger charge is 2.25. The summed E-state index contributed by atoms with van der Waals surface area (Å²) >= 11 is 0. The number of carbonyl (C=O) groups is 1. The van der Waals surface area contributed by atoms with Gasteiger partial charge in [-0.25, -0.2) is 4.39 Å². The van der Waals surface area contributed by atoms with Gasteiger partial charge in [-0.05, 0) is 55.8 Å². The van der Waals surface area contributed by atoms with Gasteiger partial charge in [0.05, 0.1) is 0 Å². The number of carbonyl (C=O) groups excluding carboxylic acids is 1. The van der Waals surface area contributed by atoms with Crippen molar-refractivity contribution in [2.24, 2.45) is 17.6 Å². The Morgan fingerprint density at radius 3 is 2.76 bits per heavy atom. The summed E-state index contributed by atoms with van der Waals surface area (Å²) in [7, 11) is 0. The van der Waals surface area contributed by atoms with Gasteiger partial charge in [-0.15, -0.1) is 0 Å². The number of halogens is 1. The highest BCUT2D eigenvalue weighted by atomic mass is 19.1. The number of benzene rings is 1. The molecule has 0 spiro atoms. The first-order chi connectivity index (χ1) is 10.1. The Hall–Kier alpha value is -1.42. The molecule has 1 amide bonds. The average Bonchev–Trinajstić information content (AvgIpc) is 2.52. The third-order valence-corrected chi connectivity index (χ3v) is 4.44. The summed E-state index contributed by atoms with van der Waals surface area (Å²) in [5.41, 5.74) is 6.63. The third-order valence-electron chi connectivity index (χ3n) is 4.44. The maximum Gasteiger partial charge on any atom is 0.225 e. The van der Waals surface area contributed by atoms with Crippen molar-refractivity contribution in [2.75, 3.05) is 19.6 Å². The molecule has 2 rings (SSSR count). The Morgan fingerprint density at radius 2 is 2.14 bits per heavy atom. The second-order valence-corrected chi connectivity index (χ2v) is 6.07. The lowest BCUT2D eigenvalue weighted by atomic mass is 9.94. The smallest absolute Gasteiger partial charge is 0.225 e. The van der Waals surface area contributed by atoms with Gasteiger partial charge >= 0.3 is 0 Å². The van der Waals surface area contributed by atoms with Gasteiger partial charge < -0.3 is 10.6 Å². The largest absolute Gasteiger partial charge is 0.342 e. The molecule has 0 aliphatic carbocycles. The summed E-state index contributed by atoms with van der Waals surface area (Å²) in [5.74, 6) is 0.566. The van der Waals surface area contributed by atoms with E-state index in [0.717, 1.165) is 50.9 Å². The van der Waals surface area contributed by atoms with Gasteiger partial charge in [0.2, 0.25) is 5.91 Å². The standard InChI is InChI=1S/C17H25FN2O/c1-13(5-6-14-3-2-4-16(18)11-14)17(21)20-9-7-15(12-19)8-10-20/h2-4,11,13,15H,5-10,12,19H2,1H3. The van der Waals surface area contributed by atoms with Crippen molar-refractivity contribution < 1.29 is 9.18 Å². The fraction of sp³-hybridized carbons (Fsp3) is 0.588. The summed E-state index contributed by atoms with van der Waals surface area (Å²) in [6.45, 7) is 4.34. The van der Waals surface area contributed by atoms with Crippen molar-refractivity contribution >= 4 is 5.91 Å². The molecule has 3 nitrogen and oxygen atoms in total. The van der Waals surface area contributed by atoms with E-state index in [1.165, 1.54) is 6.07 Å². The summed E-state index contributed by atoms with van der Waals surface area (Å²) in [4.78, 5) is 14.4. The van der Waals surface area contributed by atoms with Crippen LogP contribution in [-0.4, -0.2) is 30.4 Å². The van der Waals surface area contributed by atoms with Crippen LogP contribution in [0.2, 0.25) is 0 Å². The number of rotatable bonds is 5. The summed E-state index contributed by atoms with van der Waals surface area (Å²) in [6.07, 6.45) is 3.53. The van der Waals surface area contributed by atoms with Crippen molar-refractivity contribution in [2.45, 2.75) is 32.6 Å². The lowest BCUT2D eigenvalue weighted by Gasteiger charge is -2.33. The molecule has 1 aromatic rings. The second-order valence-electron chi connectivity index (χ2n) is 6.07. The second kappa shape index (κ2) is 7.55. The summed E-state index contributed by atoms with van der Waals surface area (Å²) < 4.78 is 13.1. The fourth-order valence-electron chi connectivity index (χ4n) is 2.90. The van der Waals surface area contributed by atoms with Crippen molar-refractivity contribution in [3.05, 3.63) is 35.6 Å². The zero-order valence-electron chi connectivity index (χ0n) is 12.7. The van der Waals surface area contributed by atoms with Crippen molar-refractivity contribution in [1.29, 1.82) is 0 Å². The first kappa shape index (κ1) is 16.0. The molecular formula is C17H25FN2O. The van der Waals surface area contributed by atoms with E-state index in [9.17, 15) is 9.18 Å². The normalized spacial score (nSPS) is 17.8. The average molecular weight is 292 g/mol. The number of amides is 1. The Morgan fingerprint density at radius 1 is 1.43 bits per heavy atom. The van der Waals surface area contributed by atoms with E-state index >= 15 is 0 Å². The van der Waals surface area contributed by atoms with Crippen molar-refractivity contribution in [1.82, 2.24) is 4.90 Å². The maximum atomic E-state index is 13.1. The highest BCUT2D eigenvalue weighted by Crippen LogP contribution is 2.19. The Kier molecular flexibility index (Phi) is 5.74. The highest BCUT2D eigenvalue weighted by molar-refractivity contribution is 5.78. The third kappa shape index (κ3) is 4.53. The van der Waals surface area contributed by atoms with Crippen LogP contribution in [0.25, 0.3) is 0 Å². The Labute approximate surface area is 126 Å². The van der Waals surface area contributed by atoms with Gasteiger partial charge in [0, 0.05) is 19.0 Å². The van der Waals surface area contributed by atoms with Gasteiger partial charge in [-0.2, -0.15) is 0 Å². The van der Waals surface area contributed by atoms with Gasteiger partial charge in [-0.3, -0.25) is 4.79 Å². The van der Waals surface area contributed by atoms with Crippen LogP contribution in [0.4, 0.5) is 4.39 Å². The predicted molar refractivity (Wildman–Crippen MR) is 82.2 cm³/mol. The molecule has 1 aliphatic heterocycles. The van der Waals surface area contributed by atoms with Crippen LogP contribution in [0.15, 0.2) is 24.3 Å². The molecule has 1 fully saturated rings. The number of aryl methyl sites for hydroxylation is 1. The fourth-order valence-corrected chi connectivity index (χ4v) is 2.90. The van der Waals surface area contributed by atoms with Gasteiger partial charge in [-0.1, -0.05) is 19.1 Å². The van der Waals surface area contributed by atoms with E-state index in [1.807, 2.05) is 17.9 Å². The van der Waals surface area contributed by atoms with E-state index < -0.39 is 0 Å². The zero-order valence-corrected chi connectivity index (χ0v) is 12.7. The zero-order chi connectivity index (χ0) is 15.2. The summed E-state index contributed by atoms with van der Waals surface area (Å²) in [6, 6.07) is 6.62. The lowest BCUT2D eigenvalue weighted by Crippen LogP contribution is -2.42. The number of hydrogen-bond acceptors (Lipinski definition) is 2. The van der Waals surface area contributed by atoms with E-state index in [0.29, 0.717) is 5.92 Å². The maximum absolute atomic E-state index is 13.1. The molecule has 2 N–H and O–H groups in total. The molecule has 1 aromatic carbocycles. The minimum absolute atomic E-state index is 0.0114. The summed E-state index contributed by atoms with van der Waals surface area (Å²) in [5, 5.41) is 0. The molecular weight excluding hydrogens is 267 g/mol. The van der Waals surface area contributed by atoms with Gasteiger partial charge in [0.15, 0.2) is 0 Å². The number of nitrogens with zero attached hydrogens (tertiary/aromatic N) is 1. The van der Waals surface area contributed by atoms with Crippen LogP contribution in [0.3, 0.4) is 0 Å². The number of piperidine rings is 1. The van der Waals surface area contributed by atoms with Crippen LogP contribution in [0.5, 0.6) is 0 Å². The molecule has 21 heavy (non-hydrogen) atoms. The van der Waals surface area contributed by atoms with E-state index in [-0.39, 0.29) is 17.6 Å². The molecule has 0 saturated carbocycles. The van der Waals surface area contributed by atoms with E-state index in [4.69, 9.17) is 5.73 Å². The number of hydrogen-bond donors (Lipinski definition) is 1. The van der Waals surface area contributed by atoms with E-state index in [1.54, 1.807) is 12.1 Å². The topological polar surface area (TPSA) is 46.3 Å². The van der Waals surface area contributed by atoms with Crippen LogP contribution in [-0.2, 0) is 11.2 Å². The van der Waals surface area contributed by atoms with Crippen LogP contribution < -0.4 is 5.73 Å². The minimum Gasteiger partial charge on any atom is -0.342 e. The van der Waals surface area contributed by atoms with Crippen LogP contribution in [0.1, 0.15) is 31.7 Å². The van der Waals surface area contributed by atoms with Crippen molar-refractivity contribution in [3.63, 3.8) is 0 Å². The van der Waals surface area contributed by atoms with Gasteiger partial charge in [0.25, 0.3) is 0 Å². The Bertz CT molecular complexity index is 470. The first-order valence-electron chi connectivity index (χ1n) is 7.83. The van der Waals surface area contributed by atoms with Crippen LogP contribution in [0, 0.1) is 17.7 Å². The minimum atomic E-state index is -0.213. The molecule has 0 radical (unpaired) electrons. The first-order valence-corrected chi connectivity index (χ1v) is 7.83. The molecule has 1 saturated heterocycles. The van der Waals surface area contributed by atoms with E-state index in [2.05, 4.69) is 0 Å². The molecule has 1 atom stereocenters. The monoisotopic (exact) mass is 292 g/mol. The Balaban J connectivity index is 1.80. The SMILES string of the molecule is CC(CCc1cccc(F)c1)C(=O)N1CCC(CN)CC1. The number of nitrogens with two attached hydrogens (primary N) is 1. The molecule has 1 heterocycles. The van der Waals surface area contributed by atoms with Gasteiger partial charge in [0.1, 0.15) is 5.82 Å².